The van der Waals surface area contributed by atoms with Gasteiger partial charge in [0, 0.05) is 29.9 Å². The quantitative estimate of drug-likeness (QED) is 0.722. The molecule has 0 aliphatic heterocycles. The van der Waals surface area contributed by atoms with Crippen LogP contribution in [0, 0.1) is 0 Å². The summed E-state index contributed by atoms with van der Waals surface area (Å²) in [6.07, 6.45) is 0.0672. The highest BCUT2D eigenvalue weighted by atomic mass is 35.5. The summed E-state index contributed by atoms with van der Waals surface area (Å²) in [5.41, 5.74) is 0.736. The van der Waals surface area contributed by atoms with Crippen molar-refractivity contribution in [1.82, 2.24) is 10.0 Å². The topological polar surface area (TPSA) is 75.3 Å². The second kappa shape index (κ2) is 8.66. The van der Waals surface area contributed by atoms with E-state index in [4.69, 9.17) is 11.6 Å². The van der Waals surface area contributed by atoms with Gasteiger partial charge in [-0.15, -0.1) is 0 Å². The maximum absolute atomic E-state index is 12.1. The van der Waals surface area contributed by atoms with E-state index in [2.05, 4.69) is 10.0 Å². The molecule has 26 heavy (non-hydrogen) atoms. The summed E-state index contributed by atoms with van der Waals surface area (Å²) < 4.78 is 26.6. The van der Waals surface area contributed by atoms with E-state index in [0.717, 1.165) is 5.56 Å². The second-order valence-corrected chi connectivity index (χ2v) is 8.84. The molecule has 0 aliphatic rings. The lowest BCUT2D eigenvalue weighted by Gasteiger charge is -2.26. The van der Waals surface area contributed by atoms with Gasteiger partial charge in [-0.25, -0.2) is 13.1 Å². The highest BCUT2D eigenvalue weighted by Gasteiger charge is 2.22. The van der Waals surface area contributed by atoms with Gasteiger partial charge in [-0.05, 0) is 29.8 Å². The molecule has 2 N–H and O–H groups in total. The average molecular weight is 395 g/mol. The van der Waals surface area contributed by atoms with E-state index in [-0.39, 0.29) is 29.2 Å². The van der Waals surface area contributed by atoms with Gasteiger partial charge in [-0.1, -0.05) is 55.8 Å². The largest absolute Gasteiger partial charge is 0.355 e. The molecule has 0 bridgehead atoms. The molecule has 0 spiro atoms. The highest BCUT2D eigenvalue weighted by Crippen LogP contribution is 2.24. The SMILES string of the molecule is CC(C)(CNC(=O)CCNS(=O)(=O)c1ccccc1)c1cccc(Cl)c1. The van der Waals surface area contributed by atoms with Gasteiger partial charge in [0.05, 0.1) is 4.90 Å². The summed E-state index contributed by atoms with van der Waals surface area (Å²) >= 11 is 6.02. The minimum absolute atomic E-state index is 0.0423. The van der Waals surface area contributed by atoms with Crippen LogP contribution in [0.2, 0.25) is 5.02 Å². The molecule has 1 amide bonds. The molecule has 2 aromatic rings. The number of carbonyl (C=O) groups excluding carboxylic acids is 1. The Morgan fingerprint density at radius 3 is 2.42 bits per heavy atom. The average Bonchev–Trinajstić information content (AvgIpc) is 2.61. The third-order valence-corrected chi connectivity index (χ3v) is 5.74. The normalized spacial score (nSPS) is 12.0. The molecular weight excluding hydrogens is 372 g/mol. The third-order valence-electron chi connectivity index (χ3n) is 4.03. The van der Waals surface area contributed by atoms with Crippen molar-refractivity contribution >= 4 is 27.5 Å². The van der Waals surface area contributed by atoms with E-state index in [0.29, 0.717) is 11.6 Å². The first kappa shape index (κ1) is 20.4. The standard InChI is InChI=1S/C19H23ClN2O3S/c1-19(2,15-7-6-8-16(20)13-15)14-21-18(23)11-12-22-26(24,25)17-9-4-3-5-10-17/h3-10,13,22H,11-12,14H2,1-2H3,(H,21,23). The van der Waals surface area contributed by atoms with Crippen molar-refractivity contribution < 1.29 is 13.2 Å². The van der Waals surface area contributed by atoms with Crippen molar-refractivity contribution in [2.45, 2.75) is 30.6 Å². The van der Waals surface area contributed by atoms with E-state index in [1.807, 2.05) is 32.0 Å². The van der Waals surface area contributed by atoms with Crippen molar-refractivity contribution in [2.24, 2.45) is 0 Å². The minimum atomic E-state index is -3.59. The Labute approximate surface area is 159 Å². The van der Waals surface area contributed by atoms with E-state index >= 15 is 0 Å². The molecule has 140 valence electrons. The van der Waals surface area contributed by atoms with E-state index in [1.165, 1.54) is 12.1 Å². The minimum Gasteiger partial charge on any atom is -0.355 e. The maximum Gasteiger partial charge on any atom is 0.240 e. The fourth-order valence-electron chi connectivity index (χ4n) is 2.40. The molecule has 0 saturated carbocycles. The molecule has 2 aromatic carbocycles. The number of nitrogens with one attached hydrogen (secondary N) is 2. The number of hydrogen-bond acceptors (Lipinski definition) is 3. The van der Waals surface area contributed by atoms with Crippen molar-refractivity contribution in [3.63, 3.8) is 0 Å². The molecule has 0 unspecified atom stereocenters. The van der Waals surface area contributed by atoms with Gasteiger partial charge in [0.2, 0.25) is 15.9 Å². The Balaban J connectivity index is 1.82. The lowest BCUT2D eigenvalue weighted by atomic mass is 9.84. The number of hydrogen-bond donors (Lipinski definition) is 2. The van der Waals surface area contributed by atoms with E-state index < -0.39 is 10.0 Å². The number of sulfonamides is 1. The van der Waals surface area contributed by atoms with Crippen LogP contribution < -0.4 is 10.0 Å². The van der Waals surface area contributed by atoms with Crippen LogP contribution in [0.4, 0.5) is 0 Å². The zero-order valence-electron chi connectivity index (χ0n) is 14.8. The molecule has 0 aliphatic carbocycles. The summed E-state index contributed by atoms with van der Waals surface area (Å²) in [7, 11) is -3.59. The van der Waals surface area contributed by atoms with Crippen LogP contribution in [0.25, 0.3) is 0 Å². The van der Waals surface area contributed by atoms with Gasteiger partial charge in [0.15, 0.2) is 0 Å². The van der Waals surface area contributed by atoms with Crippen molar-refractivity contribution in [1.29, 1.82) is 0 Å². The summed E-state index contributed by atoms with van der Waals surface area (Å²) in [6.45, 7) is 4.49. The van der Waals surface area contributed by atoms with Gasteiger partial charge < -0.3 is 5.32 Å². The van der Waals surface area contributed by atoms with Crippen molar-refractivity contribution in [2.75, 3.05) is 13.1 Å². The number of benzene rings is 2. The molecule has 5 nitrogen and oxygen atoms in total. The lowest BCUT2D eigenvalue weighted by molar-refractivity contribution is -0.121. The number of halogens is 1. The third kappa shape index (κ3) is 5.83. The first-order chi connectivity index (χ1) is 12.2. The van der Waals surface area contributed by atoms with Gasteiger partial charge in [0.1, 0.15) is 0 Å². The Kier molecular flexibility index (Phi) is 6.81. The van der Waals surface area contributed by atoms with E-state index in [9.17, 15) is 13.2 Å². The summed E-state index contributed by atoms with van der Waals surface area (Å²) in [5, 5.41) is 3.50. The molecule has 2 rings (SSSR count). The van der Waals surface area contributed by atoms with Crippen LogP contribution >= 0.6 is 11.6 Å². The van der Waals surface area contributed by atoms with Crippen molar-refractivity contribution in [3.8, 4) is 0 Å². The van der Waals surface area contributed by atoms with Gasteiger partial charge >= 0.3 is 0 Å². The Hall–Kier alpha value is -1.89. The van der Waals surface area contributed by atoms with Crippen LogP contribution in [-0.4, -0.2) is 27.4 Å². The predicted molar refractivity (Wildman–Crippen MR) is 104 cm³/mol. The number of rotatable bonds is 8. The molecule has 0 fully saturated rings. The fraction of sp³-hybridized carbons (Fsp3) is 0.316. The highest BCUT2D eigenvalue weighted by molar-refractivity contribution is 7.89. The number of amides is 1. The van der Waals surface area contributed by atoms with Gasteiger partial charge in [-0.2, -0.15) is 0 Å². The molecule has 0 heterocycles. The van der Waals surface area contributed by atoms with Crippen LogP contribution in [0.5, 0.6) is 0 Å². The molecule has 0 radical (unpaired) electrons. The Morgan fingerprint density at radius 2 is 1.77 bits per heavy atom. The molecule has 0 atom stereocenters. The summed E-state index contributed by atoms with van der Waals surface area (Å²) in [5.74, 6) is -0.212. The summed E-state index contributed by atoms with van der Waals surface area (Å²) in [4.78, 5) is 12.2. The molecule has 0 aromatic heterocycles. The van der Waals surface area contributed by atoms with Gasteiger partial charge in [0.25, 0.3) is 0 Å². The van der Waals surface area contributed by atoms with E-state index in [1.54, 1.807) is 24.3 Å². The van der Waals surface area contributed by atoms with Crippen LogP contribution in [0.15, 0.2) is 59.5 Å². The predicted octanol–water partition coefficient (Wildman–Crippen LogP) is 3.10. The lowest BCUT2D eigenvalue weighted by Crippen LogP contribution is -2.38. The first-order valence-electron chi connectivity index (χ1n) is 8.28. The van der Waals surface area contributed by atoms with Crippen LogP contribution in [0.1, 0.15) is 25.8 Å². The summed E-state index contributed by atoms with van der Waals surface area (Å²) in [6, 6.07) is 15.6. The molecular formula is C19H23ClN2O3S. The molecule has 0 saturated heterocycles. The zero-order valence-corrected chi connectivity index (χ0v) is 16.4. The van der Waals surface area contributed by atoms with Crippen LogP contribution in [0.3, 0.4) is 0 Å². The maximum atomic E-state index is 12.1. The Bertz CT molecular complexity index is 852. The zero-order chi connectivity index (χ0) is 19.2. The van der Waals surface area contributed by atoms with Gasteiger partial charge in [-0.3, -0.25) is 4.79 Å². The fourth-order valence-corrected chi connectivity index (χ4v) is 3.64. The van der Waals surface area contributed by atoms with Crippen molar-refractivity contribution in [3.05, 3.63) is 65.2 Å². The van der Waals surface area contributed by atoms with Crippen LogP contribution in [-0.2, 0) is 20.2 Å². The molecule has 7 heteroatoms. The smallest absolute Gasteiger partial charge is 0.240 e. The first-order valence-corrected chi connectivity index (χ1v) is 10.1. The second-order valence-electron chi connectivity index (χ2n) is 6.63. The number of carbonyl (C=O) groups is 1. The Morgan fingerprint density at radius 1 is 1.08 bits per heavy atom. The monoisotopic (exact) mass is 394 g/mol.